The van der Waals surface area contributed by atoms with Gasteiger partial charge >= 0.3 is 0 Å². The van der Waals surface area contributed by atoms with Gasteiger partial charge in [-0.2, -0.15) is 0 Å². The summed E-state index contributed by atoms with van der Waals surface area (Å²) in [7, 11) is 0. The summed E-state index contributed by atoms with van der Waals surface area (Å²) in [5.74, 6) is 0. The molecule has 0 aliphatic carbocycles. The zero-order chi connectivity index (χ0) is 12.1. The first-order chi connectivity index (χ1) is 8.29. The minimum Gasteiger partial charge on any atom is -0.378 e. The van der Waals surface area contributed by atoms with Crippen LogP contribution in [0.4, 0.5) is 5.69 Å². The molecule has 0 aliphatic heterocycles. The van der Waals surface area contributed by atoms with Crippen molar-refractivity contribution in [1.29, 1.82) is 0 Å². The number of nitrogens with two attached hydrogens (primary N) is 1. The second kappa shape index (κ2) is 5.80. The highest BCUT2D eigenvalue weighted by atomic mass is 79.9. The summed E-state index contributed by atoms with van der Waals surface area (Å²) in [5, 5.41) is 3.33. The van der Waals surface area contributed by atoms with Crippen LogP contribution in [0.25, 0.3) is 0 Å². The van der Waals surface area contributed by atoms with Crippen molar-refractivity contribution >= 4 is 21.6 Å². The van der Waals surface area contributed by atoms with E-state index in [0.29, 0.717) is 13.1 Å². The van der Waals surface area contributed by atoms with E-state index in [1.54, 1.807) is 0 Å². The number of halogens is 1. The fourth-order valence-electron chi connectivity index (χ4n) is 1.53. The maximum atomic E-state index is 5.56. The number of para-hydroxylation sites is 1. The lowest BCUT2D eigenvalue weighted by atomic mass is 10.2. The van der Waals surface area contributed by atoms with E-state index in [0.717, 1.165) is 21.5 Å². The van der Waals surface area contributed by atoms with Crippen LogP contribution in [0.2, 0.25) is 0 Å². The van der Waals surface area contributed by atoms with Crippen LogP contribution in [0, 0.1) is 0 Å². The molecule has 0 aliphatic rings. The van der Waals surface area contributed by atoms with Gasteiger partial charge in [0.25, 0.3) is 0 Å². The number of pyridine rings is 1. The number of benzene rings is 1. The standard InChI is InChI=1S/C13H14BrN3/c14-12-6-1-2-7-13(12)16-9-11-5-3-4-10(8-15)17-11/h1-7,16H,8-9,15H2. The summed E-state index contributed by atoms with van der Waals surface area (Å²) in [6.45, 7) is 1.17. The smallest absolute Gasteiger partial charge is 0.0598 e. The summed E-state index contributed by atoms with van der Waals surface area (Å²) in [6.07, 6.45) is 0. The van der Waals surface area contributed by atoms with Gasteiger partial charge in [0.15, 0.2) is 0 Å². The highest BCUT2D eigenvalue weighted by molar-refractivity contribution is 9.10. The zero-order valence-electron chi connectivity index (χ0n) is 9.36. The predicted octanol–water partition coefficient (Wildman–Crippen LogP) is 2.91. The SMILES string of the molecule is NCc1cccc(CNc2ccccc2Br)n1. The minimum absolute atomic E-state index is 0.475. The molecule has 0 fully saturated rings. The van der Waals surface area contributed by atoms with Gasteiger partial charge in [-0.3, -0.25) is 4.98 Å². The van der Waals surface area contributed by atoms with Gasteiger partial charge in [0.05, 0.1) is 17.9 Å². The molecule has 0 saturated carbocycles. The van der Waals surface area contributed by atoms with Crippen molar-refractivity contribution in [3.05, 3.63) is 58.3 Å². The van der Waals surface area contributed by atoms with Gasteiger partial charge in [0, 0.05) is 16.7 Å². The number of rotatable bonds is 4. The van der Waals surface area contributed by atoms with Gasteiger partial charge in [-0.1, -0.05) is 18.2 Å². The largest absolute Gasteiger partial charge is 0.378 e. The number of aromatic nitrogens is 1. The van der Waals surface area contributed by atoms with Crippen LogP contribution < -0.4 is 11.1 Å². The van der Waals surface area contributed by atoms with E-state index in [2.05, 4.69) is 26.2 Å². The average molecular weight is 292 g/mol. The second-order valence-electron chi connectivity index (χ2n) is 3.66. The maximum Gasteiger partial charge on any atom is 0.0598 e. The molecule has 3 N–H and O–H groups in total. The van der Waals surface area contributed by atoms with Gasteiger partial charge in [-0.05, 0) is 40.2 Å². The molecule has 1 aromatic heterocycles. The summed E-state index contributed by atoms with van der Waals surface area (Å²) in [6, 6.07) is 13.9. The number of hydrogen-bond donors (Lipinski definition) is 2. The Balaban J connectivity index is 2.05. The Kier molecular flexibility index (Phi) is 4.12. The number of hydrogen-bond acceptors (Lipinski definition) is 3. The van der Waals surface area contributed by atoms with E-state index in [9.17, 15) is 0 Å². The summed E-state index contributed by atoms with van der Waals surface area (Å²) >= 11 is 3.50. The Morgan fingerprint density at radius 1 is 1.06 bits per heavy atom. The Labute approximate surface area is 109 Å². The number of anilines is 1. The van der Waals surface area contributed by atoms with Crippen LogP contribution in [-0.4, -0.2) is 4.98 Å². The minimum atomic E-state index is 0.475. The monoisotopic (exact) mass is 291 g/mol. The van der Waals surface area contributed by atoms with Gasteiger partial charge in [-0.25, -0.2) is 0 Å². The molecule has 0 unspecified atom stereocenters. The normalized spacial score (nSPS) is 10.2. The maximum absolute atomic E-state index is 5.56. The van der Waals surface area contributed by atoms with Gasteiger partial charge in [0.1, 0.15) is 0 Å². The van der Waals surface area contributed by atoms with Crippen molar-refractivity contribution in [3.8, 4) is 0 Å². The van der Waals surface area contributed by atoms with Crippen molar-refractivity contribution in [2.75, 3.05) is 5.32 Å². The quantitative estimate of drug-likeness (QED) is 0.911. The molecule has 3 nitrogen and oxygen atoms in total. The molecule has 0 radical (unpaired) electrons. The van der Waals surface area contributed by atoms with E-state index in [4.69, 9.17) is 5.73 Å². The summed E-state index contributed by atoms with van der Waals surface area (Å²) in [4.78, 5) is 4.43. The van der Waals surface area contributed by atoms with E-state index in [1.165, 1.54) is 0 Å². The third kappa shape index (κ3) is 3.28. The molecule has 17 heavy (non-hydrogen) atoms. The molecular weight excluding hydrogens is 278 g/mol. The van der Waals surface area contributed by atoms with E-state index in [1.807, 2.05) is 42.5 Å². The molecule has 2 rings (SSSR count). The topological polar surface area (TPSA) is 50.9 Å². The van der Waals surface area contributed by atoms with Crippen molar-refractivity contribution in [1.82, 2.24) is 4.98 Å². The number of nitrogens with one attached hydrogen (secondary N) is 1. The average Bonchev–Trinajstić information content (AvgIpc) is 2.38. The van der Waals surface area contributed by atoms with Crippen LogP contribution in [0.5, 0.6) is 0 Å². The lowest BCUT2D eigenvalue weighted by Gasteiger charge is -2.08. The predicted molar refractivity (Wildman–Crippen MR) is 73.6 cm³/mol. The number of nitrogens with zero attached hydrogens (tertiary/aromatic N) is 1. The van der Waals surface area contributed by atoms with Crippen molar-refractivity contribution in [2.45, 2.75) is 13.1 Å². The van der Waals surface area contributed by atoms with Crippen molar-refractivity contribution in [2.24, 2.45) is 5.73 Å². The molecule has 1 aromatic carbocycles. The molecule has 88 valence electrons. The summed E-state index contributed by atoms with van der Waals surface area (Å²) in [5.41, 5.74) is 8.53. The van der Waals surface area contributed by atoms with Gasteiger partial charge in [-0.15, -0.1) is 0 Å². The molecule has 0 amide bonds. The first kappa shape index (κ1) is 12.1. The summed E-state index contributed by atoms with van der Waals surface area (Å²) < 4.78 is 1.05. The van der Waals surface area contributed by atoms with Crippen molar-refractivity contribution in [3.63, 3.8) is 0 Å². The molecule has 0 atom stereocenters. The van der Waals surface area contributed by atoms with Crippen LogP contribution >= 0.6 is 15.9 Å². The Hall–Kier alpha value is -1.39. The van der Waals surface area contributed by atoms with Crippen molar-refractivity contribution < 1.29 is 0 Å². The Morgan fingerprint density at radius 2 is 1.82 bits per heavy atom. The molecule has 2 aromatic rings. The lowest BCUT2D eigenvalue weighted by molar-refractivity contribution is 0.937. The highest BCUT2D eigenvalue weighted by Crippen LogP contribution is 2.21. The highest BCUT2D eigenvalue weighted by Gasteiger charge is 1.99. The van der Waals surface area contributed by atoms with Crippen LogP contribution in [0.15, 0.2) is 46.9 Å². The molecule has 0 spiro atoms. The molecular formula is C13H14BrN3. The Morgan fingerprint density at radius 3 is 2.59 bits per heavy atom. The second-order valence-corrected chi connectivity index (χ2v) is 4.51. The van der Waals surface area contributed by atoms with Gasteiger partial charge < -0.3 is 11.1 Å². The fourth-order valence-corrected chi connectivity index (χ4v) is 1.96. The van der Waals surface area contributed by atoms with Crippen LogP contribution in [0.1, 0.15) is 11.4 Å². The third-order valence-electron chi connectivity index (χ3n) is 2.41. The van der Waals surface area contributed by atoms with Crippen LogP contribution in [-0.2, 0) is 13.1 Å². The zero-order valence-corrected chi connectivity index (χ0v) is 10.9. The van der Waals surface area contributed by atoms with E-state index < -0.39 is 0 Å². The Bertz CT molecular complexity index is 500. The first-order valence-electron chi connectivity index (χ1n) is 5.43. The van der Waals surface area contributed by atoms with Gasteiger partial charge in [0.2, 0.25) is 0 Å². The first-order valence-corrected chi connectivity index (χ1v) is 6.22. The molecule has 0 bridgehead atoms. The third-order valence-corrected chi connectivity index (χ3v) is 3.10. The van der Waals surface area contributed by atoms with E-state index in [-0.39, 0.29) is 0 Å². The lowest BCUT2D eigenvalue weighted by Crippen LogP contribution is -2.05. The fraction of sp³-hybridized carbons (Fsp3) is 0.154. The molecule has 1 heterocycles. The molecule has 4 heteroatoms. The van der Waals surface area contributed by atoms with E-state index >= 15 is 0 Å². The van der Waals surface area contributed by atoms with Crippen LogP contribution in [0.3, 0.4) is 0 Å². The molecule has 0 saturated heterocycles.